The van der Waals surface area contributed by atoms with Crippen LogP contribution in [0.1, 0.15) is 33.1 Å². The Bertz CT molecular complexity index is 170. The summed E-state index contributed by atoms with van der Waals surface area (Å²) in [5.41, 5.74) is 0. The Morgan fingerprint density at radius 3 is 2.75 bits per heavy atom. The summed E-state index contributed by atoms with van der Waals surface area (Å²) >= 11 is 0. The quantitative estimate of drug-likeness (QED) is 0.681. The van der Waals surface area contributed by atoms with Crippen LogP contribution in [0.3, 0.4) is 0 Å². The van der Waals surface area contributed by atoms with Crippen LogP contribution in [-0.4, -0.2) is 34.6 Å². The molecule has 1 heterocycles. The molecule has 0 radical (unpaired) electrons. The smallest absolute Gasteiger partial charge is 0.320 e. The van der Waals surface area contributed by atoms with E-state index in [0.29, 0.717) is 6.04 Å². The van der Waals surface area contributed by atoms with Crippen LogP contribution >= 0.6 is 0 Å². The van der Waals surface area contributed by atoms with Gasteiger partial charge in [-0.05, 0) is 33.2 Å². The molecule has 0 aromatic rings. The highest BCUT2D eigenvalue weighted by Crippen LogP contribution is 2.18. The largest absolute Gasteiger partial charge is 0.480 e. The minimum Gasteiger partial charge on any atom is -0.480 e. The van der Waals surface area contributed by atoms with Crippen molar-refractivity contribution in [1.29, 1.82) is 0 Å². The number of rotatable bonds is 2. The lowest BCUT2D eigenvalue weighted by molar-refractivity contribution is -0.144. The van der Waals surface area contributed by atoms with E-state index in [0.717, 1.165) is 19.4 Å². The number of piperidine rings is 1. The number of carboxylic acids is 1. The van der Waals surface area contributed by atoms with E-state index in [9.17, 15) is 4.79 Å². The molecule has 0 aromatic carbocycles. The third-order valence-corrected chi connectivity index (χ3v) is 2.71. The van der Waals surface area contributed by atoms with Crippen molar-refractivity contribution < 1.29 is 9.90 Å². The topological polar surface area (TPSA) is 40.5 Å². The highest BCUT2D eigenvalue weighted by Gasteiger charge is 2.26. The summed E-state index contributed by atoms with van der Waals surface area (Å²) in [4.78, 5) is 12.8. The second-order valence-corrected chi connectivity index (χ2v) is 3.60. The Kier molecular flexibility index (Phi) is 3.09. The molecule has 0 aliphatic carbocycles. The van der Waals surface area contributed by atoms with Crippen LogP contribution < -0.4 is 0 Å². The van der Waals surface area contributed by atoms with E-state index in [1.165, 1.54) is 6.42 Å². The first kappa shape index (κ1) is 9.52. The Hall–Kier alpha value is -0.570. The van der Waals surface area contributed by atoms with Crippen LogP contribution in [0.2, 0.25) is 0 Å². The van der Waals surface area contributed by atoms with Crippen molar-refractivity contribution >= 4 is 5.97 Å². The Morgan fingerprint density at radius 1 is 1.58 bits per heavy atom. The zero-order valence-corrected chi connectivity index (χ0v) is 7.79. The van der Waals surface area contributed by atoms with E-state index >= 15 is 0 Å². The monoisotopic (exact) mass is 171 g/mol. The highest BCUT2D eigenvalue weighted by atomic mass is 16.4. The summed E-state index contributed by atoms with van der Waals surface area (Å²) in [7, 11) is 0. The molecular formula is C9H17NO2. The van der Waals surface area contributed by atoms with Gasteiger partial charge in [0.2, 0.25) is 0 Å². The van der Waals surface area contributed by atoms with Crippen molar-refractivity contribution in [1.82, 2.24) is 4.90 Å². The number of aliphatic carboxylic acids is 1. The van der Waals surface area contributed by atoms with E-state index in [1.54, 1.807) is 6.92 Å². The number of carbonyl (C=O) groups is 1. The maximum Gasteiger partial charge on any atom is 0.320 e. The van der Waals surface area contributed by atoms with Crippen molar-refractivity contribution in [3.8, 4) is 0 Å². The summed E-state index contributed by atoms with van der Waals surface area (Å²) in [6.07, 6.45) is 3.52. The number of nitrogens with zero attached hydrogens (tertiary/aromatic N) is 1. The molecule has 0 saturated carbocycles. The van der Waals surface area contributed by atoms with E-state index in [1.807, 2.05) is 0 Å². The lowest BCUT2D eigenvalue weighted by atomic mass is 10.0. The number of hydrogen-bond donors (Lipinski definition) is 1. The maximum atomic E-state index is 10.7. The standard InChI is InChI=1S/C9H17NO2/c1-7-5-3-4-6-10(7)8(2)9(11)12/h7-8H,3-6H2,1-2H3,(H,11,12)/t7-,8+/m0/s1. The first-order valence-corrected chi connectivity index (χ1v) is 4.61. The molecular weight excluding hydrogens is 154 g/mol. The first-order valence-electron chi connectivity index (χ1n) is 4.61. The number of carboxylic acid groups (broad SMARTS) is 1. The molecule has 1 N–H and O–H groups in total. The van der Waals surface area contributed by atoms with Gasteiger partial charge >= 0.3 is 5.97 Å². The van der Waals surface area contributed by atoms with Crippen molar-refractivity contribution in [2.75, 3.05) is 6.54 Å². The predicted octanol–water partition coefficient (Wildman–Crippen LogP) is 1.33. The van der Waals surface area contributed by atoms with Gasteiger partial charge in [-0.15, -0.1) is 0 Å². The van der Waals surface area contributed by atoms with E-state index in [2.05, 4.69) is 11.8 Å². The number of likely N-dealkylation sites (tertiary alicyclic amines) is 1. The summed E-state index contributed by atoms with van der Waals surface area (Å²) in [5, 5.41) is 8.81. The maximum absolute atomic E-state index is 10.7. The summed E-state index contributed by atoms with van der Waals surface area (Å²) in [6, 6.07) is 0.116. The zero-order chi connectivity index (χ0) is 9.14. The SMILES string of the molecule is C[C@H](C(=O)O)N1CCCC[C@@H]1C. The third kappa shape index (κ3) is 1.97. The lowest BCUT2D eigenvalue weighted by Crippen LogP contribution is -2.47. The van der Waals surface area contributed by atoms with Crippen LogP contribution in [0, 0.1) is 0 Å². The Labute approximate surface area is 73.4 Å². The molecule has 1 rings (SSSR count). The summed E-state index contributed by atoms with van der Waals surface area (Å²) in [6.45, 7) is 4.82. The fourth-order valence-electron chi connectivity index (χ4n) is 1.84. The zero-order valence-electron chi connectivity index (χ0n) is 7.79. The van der Waals surface area contributed by atoms with Crippen molar-refractivity contribution in [2.24, 2.45) is 0 Å². The average Bonchev–Trinajstić information content (AvgIpc) is 2.04. The van der Waals surface area contributed by atoms with Crippen LogP contribution in [-0.2, 0) is 4.79 Å². The minimum atomic E-state index is -0.705. The van der Waals surface area contributed by atoms with Gasteiger partial charge in [0.1, 0.15) is 6.04 Å². The van der Waals surface area contributed by atoms with Crippen molar-refractivity contribution in [3.63, 3.8) is 0 Å². The van der Waals surface area contributed by atoms with Gasteiger partial charge in [-0.25, -0.2) is 0 Å². The molecule has 70 valence electrons. The minimum absolute atomic E-state index is 0.319. The van der Waals surface area contributed by atoms with Crippen LogP contribution in [0.5, 0.6) is 0 Å². The van der Waals surface area contributed by atoms with Crippen molar-refractivity contribution in [2.45, 2.75) is 45.2 Å². The van der Waals surface area contributed by atoms with Gasteiger partial charge in [-0.3, -0.25) is 9.69 Å². The Balaban J connectivity index is 2.53. The van der Waals surface area contributed by atoms with Crippen LogP contribution in [0.15, 0.2) is 0 Å². The molecule has 0 unspecified atom stereocenters. The molecule has 3 heteroatoms. The molecule has 0 aromatic heterocycles. The molecule has 0 spiro atoms. The van der Waals surface area contributed by atoms with Crippen molar-refractivity contribution in [3.05, 3.63) is 0 Å². The molecule has 1 saturated heterocycles. The fourth-order valence-corrected chi connectivity index (χ4v) is 1.84. The molecule has 2 atom stereocenters. The third-order valence-electron chi connectivity index (χ3n) is 2.71. The number of hydrogen-bond acceptors (Lipinski definition) is 2. The van der Waals surface area contributed by atoms with Gasteiger partial charge in [-0.1, -0.05) is 6.42 Å². The molecule has 1 aliphatic heterocycles. The van der Waals surface area contributed by atoms with Crippen LogP contribution in [0.25, 0.3) is 0 Å². The second-order valence-electron chi connectivity index (χ2n) is 3.60. The highest BCUT2D eigenvalue weighted by molar-refractivity contribution is 5.72. The second kappa shape index (κ2) is 3.90. The predicted molar refractivity (Wildman–Crippen MR) is 47.1 cm³/mol. The summed E-state index contributed by atoms with van der Waals surface area (Å²) in [5.74, 6) is -0.705. The average molecular weight is 171 g/mol. The van der Waals surface area contributed by atoms with Gasteiger partial charge in [0.15, 0.2) is 0 Å². The van der Waals surface area contributed by atoms with Gasteiger partial charge in [0.05, 0.1) is 0 Å². The molecule has 12 heavy (non-hydrogen) atoms. The molecule has 0 bridgehead atoms. The van der Waals surface area contributed by atoms with Crippen LogP contribution in [0.4, 0.5) is 0 Å². The molecule has 1 fully saturated rings. The van der Waals surface area contributed by atoms with Gasteiger partial charge in [0.25, 0.3) is 0 Å². The molecule has 3 nitrogen and oxygen atoms in total. The first-order chi connectivity index (χ1) is 5.63. The molecule has 0 amide bonds. The normalized spacial score (nSPS) is 28.3. The van der Waals surface area contributed by atoms with E-state index in [4.69, 9.17) is 5.11 Å². The molecule has 1 aliphatic rings. The lowest BCUT2D eigenvalue weighted by Gasteiger charge is -2.35. The Morgan fingerprint density at radius 2 is 2.25 bits per heavy atom. The van der Waals surface area contributed by atoms with Gasteiger partial charge in [0, 0.05) is 6.04 Å². The van der Waals surface area contributed by atoms with E-state index < -0.39 is 5.97 Å². The fraction of sp³-hybridized carbons (Fsp3) is 0.889. The summed E-state index contributed by atoms with van der Waals surface area (Å²) < 4.78 is 0. The van der Waals surface area contributed by atoms with E-state index in [-0.39, 0.29) is 6.04 Å². The van der Waals surface area contributed by atoms with Gasteiger partial charge < -0.3 is 5.11 Å². The van der Waals surface area contributed by atoms with Gasteiger partial charge in [-0.2, -0.15) is 0 Å².